The first-order chi connectivity index (χ1) is 14.8. The van der Waals surface area contributed by atoms with E-state index in [0.717, 1.165) is 18.9 Å². The summed E-state index contributed by atoms with van der Waals surface area (Å²) in [5.74, 6) is -3.48. The topological polar surface area (TPSA) is 102 Å². The molecule has 0 bridgehead atoms. The summed E-state index contributed by atoms with van der Waals surface area (Å²) < 4.78 is 38.5. The monoisotopic (exact) mass is 431 g/mol. The minimum absolute atomic E-state index is 0.00584. The van der Waals surface area contributed by atoms with Crippen LogP contribution in [0.1, 0.15) is 59.0 Å². The number of nitrogens with two attached hydrogens (primary N) is 1. The molecule has 0 atom stereocenters. The molecule has 0 saturated heterocycles. The first-order valence-corrected chi connectivity index (χ1v) is 10.1. The number of carbonyl (C=O) groups is 2. The third-order valence-corrected chi connectivity index (χ3v) is 5.66. The fourth-order valence-electron chi connectivity index (χ4n) is 4.08. The van der Waals surface area contributed by atoms with Crippen LogP contribution in [0, 0.1) is 11.6 Å². The highest BCUT2D eigenvalue weighted by atomic mass is 19.1. The molecule has 9 heteroatoms. The standard InChI is InChI=1S/C22H23F2N3O4/c1-27(13-5-3-2-4-6-13)11-14-7-8-17(30-14)22(29)26-18-15-9-12(23)10-16(24)19(15)31-20(18)21(25)28/h7-10,13H,2-6,11H2,1H3,(H2,25,28)(H,26,29). The second kappa shape index (κ2) is 8.50. The summed E-state index contributed by atoms with van der Waals surface area (Å²) in [6, 6.07) is 5.26. The number of nitrogens with zero attached hydrogens (tertiary/aromatic N) is 1. The van der Waals surface area contributed by atoms with Crippen LogP contribution in [0.5, 0.6) is 0 Å². The maximum absolute atomic E-state index is 14.0. The van der Waals surface area contributed by atoms with Gasteiger partial charge >= 0.3 is 0 Å². The Morgan fingerprint density at radius 2 is 1.90 bits per heavy atom. The molecule has 1 aromatic carbocycles. The van der Waals surface area contributed by atoms with Crippen molar-refractivity contribution in [3.63, 3.8) is 0 Å². The van der Waals surface area contributed by atoms with Crippen molar-refractivity contribution in [2.24, 2.45) is 5.73 Å². The summed E-state index contributed by atoms with van der Waals surface area (Å²) in [5.41, 5.74) is 4.70. The molecular weight excluding hydrogens is 408 g/mol. The number of anilines is 1. The summed E-state index contributed by atoms with van der Waals surface area (Å²) in [5, 5.41) is 2.33. The van der Waals surface area contributed by atoms with Gasteiger partial charge in [0.15, 0.2) is 17.2 Å². The molecule has 3 N–H and O–H groups in total. The van der Waals surface area contributed by atoms with E-state index in [0.29, 0.717) is 24.4 Å². The first kappa shape index (κ1) is 21.0. The van der Waals surface area contributed by atoms with Crippen LogP contribution < -0.4 is 11.1 Å². The Morgan fingerprint density at radius 1 is 1.16 bits per heavy atom. The summed E-state index contributed by atoms with van der Waals surface area (Å²) in [7, 11) is 2.03. The van der Waals surface area contributed by atoms with Gasteiger partial charge in [0.05, 0.1) is 11.9 Å². The van der Waals surface area contributed by atoms with Gasteiger partial charge < -0.3 is 19.9 Å². The second-order valence-corrected chi connectivity index (χ2v) is 7.86. The number of furan rings is 2. The van der Waals surface area contributed by atoms with E-state index in [2.05, 4.69) is 10.2 Å². The second-order valence-electron chi connectivity index (χ2n) is 7.86. The predicted octanol–water partition coefficient (Wildman–Crippen LogP) is 4.42. The number of rotatable bonds is 6. The van der Waals surface area contributed by atoms with Gasteiger partial charge in [0, 0.05) is 12.1 Å². The summed E-state index contributed by atoms with van der Waals surface area (Å²) in [4.78, 5) is 26.6. The van der Waals surface area contributed by atoms with Crippen LogP contribution in [-0.2, 0) is 6.54 Å². The van der Waals surface area contributed by atoms with Crippen molar-refractivity contribution in [1.82, 2.24) is 4.90 Å². The molecule has 7 nitrogen and oxygen atoms in total. The Bertz CT molecular complexity index is 1130. The normalized spacial score (nSPS) is 15.0. The van der Waals surface area contributed by atoms with Crippen molar-refractivity contribution in [2.45, 2.75) is 44.7 Å². The van der Waals surface area contributed by atoms with Gasteiger partial charge in [-0.3, -0.25) is 14.5 Å². The van der Waals surface area contributed by atoms with Crippen molar-refractivity contribution < 1.29 is 27.2 Å². The van der Waals surface area contributed by atoms with Crippen LogP contribution in [0.25, 0.3) is 11.0 Å². The molecule has 0 aliphatic heterocycles. The zero-order valence-corrected chi connectivity index (χ0v) is 17.0. The minimum Gasteiger partial charge on any atom is -0.455 e. The number of amides is 2. The van der Waals surface area contributed by atoms with E-state index in [1.807, 2.05) is 7.05 Å². The number of hydrogen-bond donors (Lipinski definition) is 2. The van der Waals surface area contributed by atoms with Crippen LogP contribution >= 0.6 is 0 Å². The molecule has 2 amide bonds. The molecule has 4 rings (SSSR count). The lowest BCUT2D eigenvalue weighted by molar-refractivity contribution is 0.0976. The third kappa shape index (κ3) is 4.32. The van der Waals surface area contributed by atoms with Gasteiger partial charge in [-0.2, -0.15) is 0 Å². The minimum atomic E-state index is -1.03. The summed E-state index contributed by atoms with van der Waals surface area (Å²) in [6.07, 6.45) is 5.97. The molecule has 2 aromatic heterocycles. The van der Waals surface area contributed by atoms with Crippen molar-refractivity contribution in [2.75, 3.05) is 12.4 Å². The molecule has 31 heavy (non-hydrogen) atoms. The van der Waals surface area contributed by atoms with Crippen LogP contribution in [0.15, 0.2) is 33.1 Å². The first-order valence-electron chi connectivity index (χ1n) is 10.1. The molecule has 2 heterocycles. The fourth-order valence-corrected chi connectivity index (χ4v) is 4.08. The maximum atomic E-state index is 14.0. The molecule has 0 unspecified atom stereocenters. The van der Waals surface area contributed by atoms with Gasteiger partial charge in [0.25, 0.3) is 11.8 Å². The zero-order chi connectivity index (χ0) is 22.1. The molecular formula is C22H23F2N3O4. The molecule has 1 saturated carbocycles. The summed E-state index contributed by atoms with van der Waals surface area (Å²) in [6.45, 7) is 0.551. The Balaban J connectivity index is 1.54. The smallest absolute Gasteiger partial charge is 0.291 e. The van der Waals surface area contributed by atoms with Gasteiger partial charge in [0.2, 0.25) is 5.76 Å². The Hall–Kier alpha value is -3.20. The number of carbonyl (C=O) groups excluding carboxylic acids is 2. The third-order valence-electron chi connectivity index (χ3n) is 5.66. The lowest BCUT2D eigenvalue weighted by Crippen LogP contribution is -2.32. The SMILES string of the molecule is CN(Cc1ccc(C(=O)Nc2c(C(N)=O)oc3c(F)cc(F)cc23)o1)C1CCCCC1. The molecule has 0 spiro atoms. The van der Waals surface area contributed by atoms with Gasteiger partial charge in [0.1, 0.15) is 17.3 Å². The maximum Gasteiger partial charge on any atom is 0.291 e. The lowest BCUT2D eigenvalue weighted by atomic mass is 9.94. The molecule has 1 fully saturated rings. The number of fused-ring (bicyclic) bond motifs is 1. The Morgan fingerprint density at radius 3 is 2.61 bits per heavy atom. The molecule has 1 aliphatic carbocycles. The van der Waals surface area contributed by atoms with E-state index >= 15 is 0 Å². The molecule has 0 radical (unpaired) electrons. The fraction of sp³-hybridized carbons (Fsp3) is 0.364. The van der Waals surface area contributed by atoms with Crippen LogP contribution in [0.4, 0.5) is 14.5 Å². The van der Waals surface area contributed by atoms with E-state index in [9.17, 15) is 18.4 Å². The van der Waals surface area contributed by atoms with Crippen molar-refractivity contribution in [3.8, 4) is 0 Å². The van der Waals surface area contributed by atoms with Crippen LogP contribution in [0.2, 0.25) is 0 Å². The zero-order valence-electron chi connectivity index (χ0n) is 17.0. The van der Waals surface area contributed by atoms with E-state index in [1.165, 1.54) is 25.3 Å². The van der Waals surface area contributed by atoms with Crippen molar-refractivity contribution in [1.29, 1.82) is 0 Å². The van der Waals surface area contributed by atoms with E-state index < -0.39 is 29.2 Å². The molecule has 3 aromatic rings. The highest BCUT2D eigenvalue weighted by Gasteiger charge is 2.25. The largest absolute Gasteiger partial charge is 0.455 e. The highest BCUT2D eigenvalue weighted by Crippen LogP contribution is 2.33. The highest BCUT2D eigenvalue weighted by molar-refractivity contribution is 6.13. The molecule has 164 valence electrons. The number of benzene rings is 1. The van der Waals surface area contributed by atoms with E-state index in [-0.39, 0.29) is 22.4 Å². The number of nitrogens with one attached hydrogen (secondary N) is 1. The van der Waals surface area contributed by atoms with Gasteiger partial charge in [-0.1, -0.05) is 19.3 Å². The average Bonchev–Trinajstić information content (AvgIpc) is 3.34. The van der Waals surface area contributed by atoms with Gasteiger partial charge in [-0.05, 0) is 38.1 Å². The van der Waals surface area contributed by atoms with Crippen molar-refractivity contribution >= 4 is 28.5 Å². The number of halogens is 2. The number of hydrogen-bond acceptors (Lipinski definition) is 5. The van der Waals surface area contributed by atoms with Crippen LogP contribution in [-0.4, -0.2) is 29.8 Å². The Labute approximate surface area is 177 Å². The number of primary amides is 1. The average molecular weight is 431 g/mol. The van der Waals surface area contributed by atoms with E-state index in [1.54, 1.807) is 6.07 Å². The van der Waals surface area contributed by atoms with Gasteiger partial charge in [-0.25, -0.2) is 8.78 Å². The van der Waals surface area contributed by atoms with Crippen LogP contribution in [0.3, 0.4) is 0 Å². The van der Waals surface area contributed by atoms with E-state index in [4.69, 9.17) is 14.6 Å². The lowest BCUT2D eigenvalue weighted by Gasteiger charge is -2.30. The predicted molar refractivity (Wildman–Crippen MR) is 110 cm³/mol. The van der Waals surface area contributed by atoms with Gasteiger partial charge in [-0.15, -0.1) is 0 Å². The summed E-state index contributed by atoms with van der Waals surface area (Å²) >= 11 is 0. The molecule has 1 aliphatic rings. The Kier molecular flexibility index (Phi) is 5.77. The quantitative estimate of drug-likeness (QED) is 0.602. The van der Waals surface area contributed by atoms with Crippen molar-refractivity contribution in [3.05, 3.63) is 53.2 Å².